The number of benzene rings is 1. The van der Waals surface area contributed by atoms with Crippen LogP contribution in [0.15, 0.2) is 12.1 Å². The highest BCUT2D eigenvalue weighted by Gasteiger charge is 2.26. The highest BCUT2D eigenvalue weighted by Crippen LogP contribution is 2.36. The van der Waals surface area contributed by atoms with Crippen LogP contribution >= 0.6 is 11.6 Å². The Morgan fingerprint density at radius 3 is 2.83 bits per heavy atom. The number of rotatable bonds is 5. The van der Waals surface area contributed by atoms with Crippen LogP contribution < -0.4 is 20.5 Å². The maximum Gasteiger partial charge on any atom is 0.255 e. The van der Waals surface area contributed by atoms with Crippen molar-refractivity contribution >= 4 is 23.4 Å². The molecule has 0 saturated carbocycles. The summed E-state index contributed by atoms with van der Waals surface area (Å²) >= 11 is 6.18. The Morgan fingerprint density at radius 2 is 2.22 bits per heavy atom. The molecule has 0 spiro atoms. The van der Waals surface area contributed by atoms with Crippen LogP contribution in [0.4, 0.5) is 0 Å². The second kappa shape index (κ2) is 7.52. The van der Waals surface area contributed by atoms with Crippen LogP contribution in [-0.2, 0) is 4.79 Å². The van der Waals surface area contributed by atoms with E-state index in [2.05, 4.69) is 5.32 Å². The molecule has 1 saturated heterocycles. The second-order valence-corrected chi connectivity index (χ2v) is 5.70. The fraction of sp³-hybridized carbons (Fsp3) is 0.467. The standard InChI is InChI=1S/C15H20ClN3O4/c1-9-7-18-3-4-19(9)15(21)10-5-11(16)14(12(6-10)22-2)23-8-13(17)20/h5-6,9,18H,3-4,7-8H2,1-2H3,(H2,17,20)/t9-/m0/s1. The smallest absolute Gasteiger partial charge is 0.255 e. The number of halogens is 1. The van der Waals surface area contributed by atoms with E-state index in [0.29, 0.717) is 12.1 Å². The van der Waals surface area contributed by atoms with Gasteiger partial charge in [0.2, 0.25) is 0 Å². The molecule has 0 unspecified atom stereocenters. The molecule has 126 valence electrons. The van der Waals surface area contributed by atoms with Crippen LogP contribution in [0.2, 0.25) is 5.02 Å². The van der Waals surface area contributed by atoms with Crippen molar-refractivity contribution in [2.45, 2.75) is 13.0 Å². The molecule has 1 heterocycles. The summed E-state index contributed by atoms with van der Waals surface area (Å²) in [5, 5.41) is 3.42. The first-order valence-corrected chi connectivity index (χ1v) is 7.62. The molecule has 0 bridgehead atoms. The Morgan fingerprint density at radius 1 is 1.48 bits per heavy atom. The Bertz CT molecular complexity index is 609. The number of carbonyl (C=O) groups is 2. The molecule has 1 aliphatic rings. The van der Waals surface area contributed by atoms with E-state index in [1.807, 2.05) is 6.92 Å². The van der Waals surface area contributed by atoms with E-state index < -0.39 is 5.91 Å². The zero-order valence-corrected chi connectivity index (χ0v) is 13.9. The van der Waals surface area contributed by atoms with Crippen LogP contribution in [-0.4, -0.2) is 56.1 Å². The lowest BCUT2D eigenvalue weighted by molar-refractivity contribution is -0.119. The summed E-state index contributed by atoms with van der Waals surface area (Å²) in [6.07, 6.45) is 0. The quantitative estimate of drug-likeness (QED) is 0.820. The SMILES string of the molecule is COc1cc(C(=O)N2CCNC[C@@H]2C)cc(Cl)c1OCC(N)=O. The van der Waals surface area contributed by atoms with Crippen molar-refractivity contribution in [3.05, 3.63) is 22.7 Å². The molecular weight excluding hydrogens is 322 g/mol. The largest absolute Gasteiger partial charge is 0.493 e. The normalized spacial score (nSPS) is 17.7. The molecule has 1 fully saturated rings. The Labute approximate surface area is 139 Å². The molecule has 3 N–H and O–H groups in total. The van der Waals surface area contributed by atoms with Gasteiger partial charge in [-0.05, 0) is 19.1 Å². The van der Waals surface area contributed by atoms with Gasteiger partial charge in [0.1, 0.15) is 0 Å². The second-order valence-electron chi connectivity index (χ2n) is 5.30. The first kappa shape index (κ1) is 17.4. The molecule has 1 aliphatic heterocycles. The average Bonchev–Trinajstić information content (AvgIpc) is 2.52. The number of nitrogens with one attached hydrogen (secondary N) is 1. The molecule has 0 aromatic heterocycles. The van der Waals surface area contributed by atoms with Crippen LogP contribution in [0.5, 0.6) is 11.5 Å². The zero-order chi connectivity index (χ0) is 17.0. The fourth-order valence-corrected chi connectivity index (χ4v) is 2.70. The summed E-state index contributed by atoms with van der Waals surface area (Å²) in [5.74, 6) is -0.277. The third-order valence-electron chi connectivity index (χ3n) is 3.60. The van der Waals surface area contributed by atoms with Crippen molar-refractivity contribution in [2.75, 3.05) is 33.4 Å². The Kier molecular flexibility index (Phi) is 5.68. The molecule has 1 atom stereocenters. The Balaban J connectivity index is 2.27. The van der Waals surface area contributed by atoms with Gasteiger partial charge in [0.25, 0.3) is 11.8 Å². The van der Waals surface area contributed by atoms with Crippen LogP contribution in [0.1, 0.15) is 17.3 Å². The molecule has 8 heteroatoms. The topological polar surface area (TPSA) is 93.9 Å². The number of amides is 2. The highest BCUT2D eigenvalue weighted by atomic mass is 35.5. The molecule has 7 nitrogen and oxygen atoms in total. The molecule has 1 aromatic carbocycles. The fourth-order valence-electron chi connectivity index (χ4n) is 2.44. The number of nitrogens with two attached hydrogens (primary N) is 1. The van der Waals surface area contributed by atoms with Crippen molar-refractivity contribution in [2.24, 2.45) is 5.73 Å². The van der Waals surface area contributed by atoms with E-state index in [0.717, 1.165) is 13.1 Å². The van der Waals surface area contributed by atoms with Gasteiger partial charge in [-0.25, -0.2) is 0 Å². The number of piperazine rings is 1. The third-order valence-corrected chi connectivity index (χ3v) is 3.88. The van der Waals surface area contributed by atoms with Crippen LogP contribution in [0.25, 0.3) is 0 Å². The third kappa shape index (κ3) is 4.05. The lowest BCUT2D eigenvalue weighted by Crippen LogP contribution is -2.52. The van der Waals surface area contributed by atoms with E-state index >= 15 is 0 Å². The number of hydrogen-bond donors (Lipinski definition) is 2. The van der Waals surface area contributed by atoms with Gasteiger partial charge in [-0.2, -0.15) is 0 Å². The van der Waals surface area contributed by atoms with Gasteiger partial charge in [0.05, 0.1) is 12.1 Å². The van der Waals surface area contributed by atoms with Gasteiger partial charge in [-0.1, -0.05) is 11.6 Å². The predicted molar refractivity (Wildman–Crippen MR) is 86.1 cm³/mol. The molecule has 2 rings (SSSR count). The van der Waals surface area contributed by atoms with Gasteiger partial charge >= 0.3 is 0 Å². The summed E-state index contributed by atoms with van der Waals surface area (Å²) in [5.41, 5.74) is 5.47. The van der Waals surface area contributed by atoms with E-state index in [-0.39, 0.29) is 35.1 Å². The van der Waals surface area contributed by atoms with E-state index in [1.54, 1.807) is 11.0 Å². The van der Waals surface area contributed by atoms with Crippen molar-refractivity contribution < 1.29 is 19.1 Å². The molecule has 0 aliphatic carbocycles. The van der Waals surface area contributed by atoms with Crippen molar-refractivity contribution in [1.82, 2.24) is 10.2 Å². The van der Waals surface area contributed by atoms with Gasteiger partial charge in [-0.3, -0.25) is 9.59 Å². The first-order valence-electron chi connectivity index (χ1n) is 7.24. The molecule has 23 heavy (non-hydrogen) atoms. The van der Waals surface area contributed by atoms with E-state index in [4.69, 9.17) is 26.8 Å². The number of ether oxygens (including phenoxy) is 2. The van der Waals surface area contributed by atoms with Crippen LogP contribution in [0, 0.1) is 0 Å². The number of nitrogens with zero attached hydrogens (tertiary/aromatic N) is 1. The summed E-state index contributed by atoms with van der Waals surface area (Å²) < 4.78 is 10.5. The van der Waals surface area contributed by atoms with Crippen LogP contribution in [0.3, 0.4) is 0 Å². The van der Waals surface area contributed by atoms with Crippen molar-refractivity contribution in [1.29, 1.82) is 0 Å². The van der Waals surface area contributed by atoms with Gasteiger partial charge in [-0.15, -0.1) is 0 Å². The maximum atomic E-state index is 12.7. The van der Waals surface area contributed by atoms with Gasteiger partial charge in [0.15, 0.2) is 18.1 Å². The minimum absolute atomic E-state index is 0.0896. The molecule has 1 aromatic rings. The van der Waals surface area contributed by atoms with Gasteiger partial charge < -0.3 is 25.4 Å². The summed E-state index contributed by atoms with van der Waals surface area (Å²) in [6.45, 7) is 3.78. The first-order chi connectivity index (χ1) is 10.9. The molecular formula is C15H20ClN3O4. The lowest BCUT2D eigenvalue weighted by atomic mass is 10.1. The maximum absolute atomic E-state index is 12.7. The number of methoxy groups -OCH3 is 1. The minimum atomic E-state index is -0.627. The number of primary amides is 1. The Hall–Kier alpha value is -1.99. The minimum Gasteiger partial charge on any atom is -0.493 e. The van der Waals surface area contributed by atoms with E-state index in [1.165, 1.54) is 13.2 Å². The van der Waals surface area contributed by atoms with Gasteiger partial charge in [0, 0.05) is 31.2 Å². The zero-order valence-electron chi connectivity index (χ0n) is 13.1. The lowest BCUT2D eigenvalue weighted by Gasteiger charge is -2.34. The number of carbonyl (C=O) groups excluding carboxylic acids is 2. The highest BCUT2D eigenvalue weighted by molar-refractivity contribution is 6.32. The predicted octanol–water partition coefficient (Wildman–Crippen LogP) is 0.647. The molecule has 2 amide bonds. The van der Waals surface area contributed by atoms with Crippen molar-refractivity contribution in [3.8, 4) is 11.5 Å². The summed E-state index contributed by atoms with van der Waals surface area (Å²) in [4.78, 5) is 25.3. The monoisotopic (exact) mass is 341 g/mol. The molecule has 0 radical (unpaired) electrons. The summed E-state index contributed by atoms with van der Waals surface area (Å²) in [6, 6.07) is 3.16. The number of hydrogen-bond acceptors (Lipinski definition) is 5. The van der Waals surface area contributed by atoms with E-state index in [9.17, 15) is 9.59 Å². The summed E-state index contributed by atoms with van der Waals surface area (Å²) in [7, 11) is 1.44. The average molecular weight is 342 g/mol. The van der Waals surface area contributed by atoms with Crippen molar-refractivity contribution in [3.63, 3.8) is 0 Å².